The maximum absolute atomic E-state index is 3.65. The quantitative estimate of drug-likeness (QED) is 0.813. The van der Waals surface area contributed by atoms with E-state index in [2.05, 4.69) is 41.8 Å². The lowest BCUT2D eigenvalue weighted by atomic mass is 10.0. The third-order valence-corrected chi connectivity index (χ3v) is 4.22. The summed E-state index contributed by atoms with van der Waals surface area (Å²) >= 11 is 0. The molecule has 1 saturated carbocycles. The molecule has 2 atom stereocenters. The average Bonchev–Trinajstić information content (AvgIpc) is 3.12. The Morgan fingerprint density at radius 2 is 2.18 bits per heavy atom. The summed E-state index contributed by atoms with van der Waals surface area (Å²) in [6.45, 7) is 5.76. The molecule has 0 amide bonds. The zero-order valence-electron chi connectivity index (χ0n) is 10.6. The molecule has 1 aromatic carbocycles. The minimum absolute atomic E-state index is 0.651. The highest BCUT2D eigenvalue weighted by Crippen LogP contribution is 2.36. The maximum atomic E-state index is 3.65. The first-order chi connectivity index (χ1) is 8.34. The van der Waals surface area contributed by atoms with Crippen molar-refractivity contribution in [2.75, 3.05) is 25.0 Å². The second-order valence-electron chi connectivity index (χ2n) is 5.64. The van der Waals surface area contributed by atoms with Crippen LogP contribution in [0.25, 0.3) is 0 Å². The van der Waals surface area contributed by atoms with Gasteiger partial charge in [0.05, 0.1) is 0 Å². The van der Waals surface area contributed by atoms with Crippen LogP contribution in [0.4, 0.5) is 5.69 Å². The van der Waals surface area contributed by atoms with E-state index in [1.165, 1.54) is 30.6 Å². The van der Waals surface area contributed by atoms with Crippen LogP contribution in [0.1, 0.15) is 31.2 Å². The van der Waals surface area contributed by atoms with Gasteiger partial charge in [-0.05, 0) is 42.9 Å². The Kier molecular flexibility index (Phi) is 3.06. The van der Waals surface area contributed by atoms with Gasteiger partial charge in [-0.25, -0.2) is 0 Å². The Hall–Kier alpha value is -1.02. The van der Waals surface area contributed by atoms with E-state index in [0.717, 1.165) is 24.9 Å². The van der Waals surface area contributed by atoms with Gasteiger partial charge in [0, 0.05) is 24.7 Å². The molecule has 2 N–H and O–H groups in total. The van der Waals surface area contributed by atoms with Crippen LogP contribution in [0.5, 0.6) is 0 Å². The molecule has 1 aliphatic heterocycles. The van der Waals surface area contributed by atoms with Crippen LogP contribution >= 0.6 is 0 Å². The van der Waals surface area contributed by atoms with E-state index >= 15 is 0 Å². The molecule has 1 aliphatic carbocycles. The van der Waals surface area contributed by atoms with E-state index < -0.39 is 0 Å². The summed E-state index contributed by atoms with van der Waals surface area (Å²) in [4.78, 5) is 0. The molecule has 92 valence electrons. The van der Waals surface area contributed by atoms with Crippen molar-refractivity contribution in [1.82, 2.24) is 5.32 Å². The lowest BCUT2D eigenvalue weighted by Gasteiger charge is -2.15. The molecule has 1 heterocycles. The minimum Gasteiger partial charge on any atom is -0.384 e. The van der Waals surface area contributed by atoms with E-state index in [1.54, 1.807) is 0 Å². The van der Waals surface area contributed by atoms with E-state index in [9.17, 15) is 0 Å². The normalized spacial score (nSPS) is 24.2. The van der Waals surface area contributed by atoms with E-state index in [4.69, 9.17) is 0 Å². The molecule has 2 heteroatoms. The minimum atomic E-state index is 0.651. The number of benzene rings is 1. The Labute approximate surface area is 104 Å². The first-order valence-electron chi connectivity index (χ1n) is 6.88. The fourth-order valence-corrected chi connectivity index (χ4v) is 2.86. The van der Waals surface area contributed by atoms with Crippen molar-refractivity contribution in [2.24, 2.45) is 11.8 Å². The molecule has 3 rings (SSSR count). The van der Waals surface area contributed by atoms with Gasteiger partial charge in [0.1, 0.15) is 0 Å². The molecular weight excluding hydrogens is 208 g/mol. The van der Waals surface area contributed by atoms with Crippen molar-refractivity contribution in [3.05, 3.63) is 29.8 Å². The fourth-order valence-electron chi connectivity index (χ4n) is 2.86. The van der Waals surface area contributed by atoms with Crippen molar-refractivity contribution >= 4 is 5.69 Å². The molecule has 0 aromatic heterocycles. The van der Waals surface area contributed by atoms with Gasteiger partial charge in [-0.3, -0.25) is 0 Å². The van der Waals surface area contributed by atoms with Crippen molar-refractivity contribution in [1.29, 1.82) is 0 Å². The molecule has 2 aliphatic rings. The van der Waals surface area contributed by atoms with Gasteiger partial charge in [-0.15, -0.1) is 0 Å². The number of hydrogen-bond acceptors (Lipinski definition) is 2. The predicted molar refractivity (Wildman–Crippen MR) is 72.4 cm³/mol. The van der Waals surface area contributed by atoms with Crippen molar-refractivity contribution in [3.63, 3.8) is 0 Å². The number of anilines is 1. The Balaban J connectivity index is 1.50. The Morgan fingerprint density at radius 3 is 3.00 bits per heavy atom. The fraction of sp³-hybridized carbons (Fsp3) is 0.600. The summed E-state index contributed by atoms with van der Waals surface area (Å²) in [6, 6.07) is 8.69. The number of hydrogen-bond donors (Lipinski definition) is 2. The Morgan fingerprint density at radius 1 is 1.35 bits per heavy atom. The van der Waals surface area contributed by atoms with Crippen LogP contribution in [0, 0.1) is 11.8 Å². The number of rotatable bonds is 5. The van der Waals surface area contributed by atoms with Crippen LogP contribution in [0.2, 0.25) is 0 Å². The van der Waals surface area contributed by atoms with E-state index in [-0.39, 0.29) is 0 Å². The second kappa shape index (κ2) is 4.69. The summed E-state index contributed by atoms with van der Waals surface area (Å²) in [6.07, 6.45) is 2.91. The van der Waals surface area contributed by atoms with Gasteiger partial charge in [0.25, 0.3) is 0 Å². The first-order valence-corrected chi connectivity index (χ1v) is 6.88. The molecule has 0 saturated heterocycles. The molecule has 2 nitrogen and oxygen atoms in total. The highest BCUT2D eigenvalue weighted by molar-refractivity contribution is 5.57. The van der Waals surface area contributed by atoms with Gasteiger partial charge in [0.2, 0.25) is 0 Å². The highest BCUT2D eigenvalue weighted by Gasteiger charge is 2.28. The highest BCUT2D eigenvalue weighted by atomic mass is 14.9. The zero-order chi connectivity index (χ0) is 11.7. The molecule has 1 fully saturated rings. The summed E-state index contributed by atoms with van der Waals surface area (Å²) in [7, 11) is 0. The van der Waals surface area contributed by atoms with Crippen LogP contribution in [0.15, 0.2) is 24.3 Å². The first kappa shape index (κ1) is 11.1. The van der Waals surface area contributed by atoms with Gasteiger partial charge in [0.15, 0.2) is 0 Å². The van der Waals surface area contributed by atoms with Gasteiger partial charge in [-0.1, -0.05) is 25.1 Å². The second-order valence-corrected chi connectivity index (χ2v) is 5.64. The number of para-hydroxylation sites is 1. The largest absolute Gasteiger partial charge is 0.384 e. The SMILES string of the molecule is CC(CNCC1CNc2ccccc21)C1CC1. The third-order valence-electron chi connectivity index (χ3n) is 4.22. The summed E-state index contributed by atoms with van der Waals surface area (Å²) in [5.41, 5.74) is 2.81. The average molecular weight is 230 g/mol. The molecule has 17 heavy (non-hydrogen) atoms. The van der Waals surface area contributed by atoms with Crippen LogP contribution in [-0.4, -0.2) is 19.6 Å². The number of nitrogens with one attached hydrogen (secondary N) is 2. The molecule has 0 bridgehead atoms. The lowest BCUT2D eigenvalue weighted by molar-refractivity contribution is 0.453. The van der Waals surface area contributed by atoms with Gasteiger partial charge in [-0.2, -0.15) is 0 Å². The van der Waals surface area contributed by atoms with Crippen LogP contribution in [0.3, 0.4) is 0 Å². The molecular formula is C15H22N2. The van der Waals surface area contributed by atoms with Gasteiger partial charge < -0.3 is 10.6 Å². The maximum Gasteiger partial charge on any atom is 0.0376 e. The third kappa shape index (κ3) is 2.47. The summed E-state index contributed by atoms with van der Waals surface area (Å²) < 4.78 is 0. The smallest absolute Gasteiger partial charge is 0.0376 e. The van der Waals surface area contributed by atoms with Crippen molar-refractivity contribution < 1.29 is 0 Å². The van der Waals surface area contributed by atoms with Crippen LogP contribution < -0.4 is 10.6 Å². The molecule has 0 spiro atoms. The van der Waals surface area contributed by atoms with Gasteiger partial charge >= 0.3 is 0 Å². The predicted octanol–water partition coefficient (Wildman–Crippen LogP) is 2.83. The molecule has 2 unspecified atom stereocenters. The summed E-state index contributed by atoms with van der Waals surface area (Å²) in [5.74, 6) is 2.52. The number of fused-ring (bicyclic) bond motifs is 1. The standard InChI is InChI=1S/C15H22N2/c1-11(12-6-7-12)8-16-9-13-10-17-15-5-3-2-4-14(13)15/h2-5,11-13,16-17H,6-10H2,1H3. The van der Waals surface area contributed by atoms with Crippen molar-refractivity contribution in [3.8, 4) is 0 Å². The zero-order valence-corrected chi connectivity index (χ0v) is 10.6. The van der Waals surface area contributed by atoms with E-state index in [0.29, 0.717) is 5.92 Å². The van der Waals surface area contributed by atoms with E-state index in [1.807, 2.05) is 0 Å². The van der Waals surface area contributed by atoms with Crippen molar-refractivity contribution in [2.45, 2.75) is 25.7 Å². The van der Waals surface area contributed by atoms with Crippen LogP contribution in [-0.2, 0) is 0 Å². The molecule has 1 aromatic rings. The molecule has 0 radical (unpaired) electrons. The lowest BCUT2D eigenvalue weighted by Crippen LogP contribution is -2.27. The Bertz CT molecular complexity index is 384. The monoisotopic (exact) mass is 230 g/mol. The topological polar surface area (TPSA) is 24.1 Å². The summed E-state index contributed by atoms with van der Waals surface area (Å²) in [5, 5.41) is 7.13.